The van der Waals surface area contributed by atoms with Crippen molar-refractivity contribution in [1.29, 1.82) is 0 Å². The maximum absolute atomic E-state index is 5.72. The van der Waals surface area contributed by atoms with Crippen molar-refractivity contribution in [1.82, 2.24) is 4.98 Å². The third-order valence-corrected chi connectivity index (χ3v) is 3.12. The second-order valence-corrected chi connectivity index (χ2v) is 5.10. The van der Waals surface area contributed by atoms with Gasteiger partial charge in [-0.1, -0.05) is 18.2 Å². The van der Waals surface area contributed by atoms with Crippen molar-refractivity contribution in [3.8, 4) is 0 Å². The number of hydrogen-bond donors (Lipinski definition) is 1. The molecule has 0 aliphatic heterocycles. The van der Waals surface area contributed by atoms with Gasteiger partial charge < -0.3 is 10.6 Å². The molecule has 0 radical (unpaired) electrons. The molecule has 0 aliphatic rings. The van der Waals surface area contributed by atoms with E-state index >= 15 is 0 Å². The van der Waals surface area contributed by atoms with Gasteiger partial charge in [-0.3, -0.25) is 0 Å². The maximum atomic E-state index is 5.72. The Morgan fingerprint density at radius 3 is 2.37 bits per heavy atom. The van der Waals surface area contributed by atoms with E-state index in [0.29, 0.717) is 6.04 Å². The molecule has 1 aromatic heterocycles. The molecule has 3 heteroatoms. The van der Waals surface area contributed by atoms with Gasteiger partial charge in [0.1, 0.15) is 5.82 Å². The fourth-order valence-corrected chi connectivity index (χ4v) is 2.04. The second-order valence-electron chi connectivity index (χ2n) is 5.10. The Hall–Kier alpha value is -2.03. The first-order valence-corrected chi connectivity index (χ1v) is 6.61. The van der Waals surface area contributed by atoms with Crippen LogP contribution in [0.1, 0.15) is 25.1 Å². The van der Waals surface area contributed by atoms with Crippen LogP contribution in [0.3, 0.4) is 0 Å². The summed E-state index contributed by atoms with van der Waals surface area (Å²) < 4.78 is 0. The van der Waals surface area contributed by atoms with Crippen molar-refractivity contribution < 1.29 is 0 Å². The van der Waals surface area contributed by atoms with Crippen LogP contribution in [0, 0.1) is 6.92 Å². The van der Waals surface area contributed by atoms with Gasteiger partial charge in [0, 0.05) is 24.0 Å². The Kier molecular flexibility index (Phi) is 4.05. The number of nitrogens with two attached hydrogens (primary N) is 1. The lowest BCUT2D eigenvalue weighted by Gasteiger charge is -2.28. The molecule has 0 unspecified atom stereocenters. The van der Waals surface area contributed by atoms with Gasteiger partial charge in [0.2, 0.25) is 0 Å². The Morgan fingerprint density at radius 2 is 1.79 bits per heavy atom. The molecule has 19 heavy (non-hydrogen) atoms. The van der Waals surface area contributed by atoms with Gasteiger partial charge >= 0.3 is 0 Å². The normalized spacial score (nSPS) is 10.7. The minimum Gasteiger partial charge on any atom is -0.399 e. The molecule has 2 N–H and O–H groups in total. The number of rotatable bonds is 4. The predicted octanol–water partition coefficient (Wildman–Crippen LogP) is 3.39. The van der Waals surface area contributed by atoms with Gasteiger partial charge in [0.05, 0.1) is 0 Å². The zero-order chi connectivity index (χ0) is 13.8. The fraction of sp³-hybridized carbons (Fsp3) is 0.312. The maximum Gasteiger partial charge on any atom is 0.129 e. The molecule has 0 atom stereocenters. The van der Waals surface area contributed by atoms with Crippen LogP contribution in [0.2, 0.25) is 0 Å². The summed E-state index contributed by atoms with van der Waals surface area (Å²) in [6, 6.07) is 14.5. The van der Waals surface area contributed by atoms with Crippen molar-refractivity contribution in [2.24, 2.45) is 0 Å². The molecule has 0 saturated heterocycles. The van der Waals surface area contributed by atoms with E-state index in [0.717, 1.165) is 23.7 Å². The number of benzene rings is 1. The summed E-state index contributed by atoms with van der Waals surface area (Å²) in [6.45, 7) is 7.22. The van der Waals surface area contributed by atoms with Gasteiger partial charge in [0.25, 0.3) is 0 Å². The number of hydrogen-bond acceptors (Lipinski definition) is 3. The van der Waals surface area contributed by atoms with Gasteiger partial charge in [-0.2, -0.15) is 0 Å². The topological polar surface area (TPSA) is 42.1 Å². The highest BCUT2D eigenvalue weighted by Gasteiger charge is 2.12. The third kappa shape index (κ3) is 3.47. The average Bonchev–Trinajstić information content (AvgIpc) is 2.37. The van der Waals surface area contributed by atoms with Gasteiger partial charge in [-0.05, 0) is 50.6 Å². The largest absolute Gasteiger partial charge is 0.399 e. The Morgan fingerprint density at radius 1 is 1.11 bits per heavy atom. The quantitative estimate of drug-likeness (QED) is 0.851. The van der Waals surface area contributed by atoms with Crippen LogP contribution in [0.15, 0.2) is 42.5 Å². The zero-order valence-corrected chi connectivity index (χ0v) is 11.8. The van der Waals surface area contributed by atoms with E-state index in [9.17, 15) is 0 Å². The Labute approximate surface area is 115 Å². The molecule has 1 aromatic carbocycles. The zero-order valence-electron chi connectivity index (χ0n) is 11.8. The number of nitrogens with zero attached hydrogens (tertiary/aromatic N) is 2. The van der Waals surface area contributed by atoms with Gasteiger partial charge in [0.15, 0.2) is 0 Å². The molecule has 0 fully saturated rings. The Bertz CT molecular complexity index is 532. The molecule has 2 aromatic rings. The van der Waals surface area contributed by atoms with E-state index in [4.69, 9.17) is 5.73 Å². The van der Waals surface area contributed by atoms with E-state index in [2.05, 4.69) is 48.0 Å². The van der Waals surface area contributed by atoms with E-state index in [1.54, 1.807) is 0 Å². The molecule has 0 amide bonds. The van der Waals surface area contributed by atoms with Crippen molar-refractivity contribution in [2.75, 3.05) is 10.6 Å². The summed E-state index contributed by atoms with van der Waals surface area (Å²) in [7, 11) is 0. The number of aromatic nitrogens is 1. The smallest absolute Gasteiger partial charge is 0.129 e. The summed E-state index contributed by atoms with van der Waals surface area (Å²) in [5.74, 6) is 1.02. The first-order chi connectivity index (χ1) is 9.06. The molecule has 3 nitrogen and oxygen atoms in total. The molecular formula is C16H21N3. The SMILES string of the molecule is Cc1cccc(N(Cc2ccc(N)cc2)C(C)C)n1. The number of aryl methyl sites for hydroxylation is 1. The first-order valence-electron chi connectivity index (χ1n) is 6.61. The molecule has 0 spiro atoms. The number of anilines is 2. The lowest BCUT2D eigenvalue weighted by Crippen LogP contribution is -2.31. The summed E-state index contributed by atoms with van der Waals surface area (Å²) >= 11 is 0. The van der Waals surface area contributed by atoms with Crippen LogP contribution in [0.4, 0.5) is 11.5 Å². The Balaban J connectivity index is 2.23. The monoisotopic (exact) mass is 255 g/mol. The van der Waals surface area contributed by atoms with Crippen molar-refractivity contribution >= 4 is 11.5 Å². The standard InChI is InChI=1S/C16H21N3/c1-12(2)19(16-6-4-5-13(3)18-16)11-14-7-9-15(17)10-8-14/h4-10,12H,11,17H2,1-3H3. The minimum atomic E-state index is 0.395. The molecule has 2 rings (SSSR count). The molecule has 0 aliphatic carbocycles. The van der Waals surface area contributed by atoms with Crippen molar-refractivity contribution in [3.05, 3.63) is 53.7 Å². The fourth-order valence-electron chi connectivity index (χ4n) is 2.04. The summed E-state index contributed by atoms with van der Waals surface area (Å²) in [5.41, 5.74) is 8.81. The highest BCUT2D eigenvalue weighted by Crippen LogP contribution is 2.18. The van der Waals surface area contributed by atoms with E-state index in [1.807, 2.05) is 25.1 Å². The lowest BCUT2D eigenvalue weighted by molar-refractivity contribution is 0.671. The summed E-state index contributed by atoms with van der Waals surface area (Å²) in [5, 5.41) is 0. The number of pyridine rings is 1. The summed E-state index contributed by atoms with van der Waals surface area (Å²) in [6.07, 6.45) is 0. The average molecular weight is 255 g/mol. The molecular weight excluding hydrogens is 234 g/mol. The van der Waals surface area contributed by atoms with Crippen LogP contribution in [0.5, 0.6) is 0 Å². The van der Waals surface area contributed by atoms with Crippen LogP contribution in [-0.4, -0.2) is 11.0 Å². The molecule has 1 heterocycles. The highest BCUT2D eigenvalue weighted by molar-refractivity contribution is 5.44. The number of nitrogen functional groups attached to an aromatic ring is 1. The van der Waals surface area contributed by atoms with E-state index in [-0.39, 0.29) is 0 Å². The third-order valence-electron chi connectivity index (χ3n) is 3.12. The predicted molar refractivity (Wildman–Crippen MR) is 81.1 cm³/mol. The molecule has 0 bridgehead atoms. The van der Waals surface area contributed by atoms with Gasteiger partial charge in [-0.25, -0.2) is 4.98 Å². The molecule has 100 valence electrons. The minimum absolute atomic E-state index is 0.395. The van der Waals surface area contributed by atoms with E-state index in [1.165, 1.54) is 5.56 Å². The molecule has 0 saturated carbocycles. The van der Waals surface area contributed by atoms with Crippen LogP contribution < -0.4 is 10.6 Å². The van der Waals surface area contributed by atoms with Gasteiger partial charge in [-0.15, -0.1) is 0 Å². The van der Waals surface area contributed by atoms with E-state index < -0.39 is 0 Å². The van der Waals surface area contributed by atoms with Crippen LogP contribution in [-0.2, 0) is 6.54 Å². The first kappa shape index (κ1) is 13.4. The van der Waals surface area contributed by atoms with Crippen molar-refractivity contribution in [3.63, 3.8) is 0 Å². The van der Waals surface area contributed by atoms with Crippen LogP contribution in [0.25, 0.3) is 0 Å². The lowest BCUT2D eigenvalue weighted by atomic mass is 10.1. The van der Waals surface area contributed by atoms with Crippen molar-refractivity contribution in [2.45, 2.75) is 33.4 Å². The highest BCUT2D eigenvalue weighted by atomic mass is 15.2. The van der Waals surface area contributed by atoms with Crippen LogP contribution >= 0.6 is 0 Å². The second kappa shape index (κ2) is 5.74. The summed E-state index contributed by atoms with van der Waals surface area (Å²) in [4.78, 5) is 6.90.